The van der Waals surface area contributed by atoms with E-state index in [-0.39, 0.29) is 42.8 Å². The number of esters is 1. The van der Waals surface area contributed by atoms with Gasteiger partial charge in [0.25, 0.3) is 0 Å². The molecule has 1 N–H and O–H groups in total. The minimum atomic E-state index is -4.15. The van der Waals surface area contributed by atoms with Crippen molar-refractivity contribution in [1.82, 2.24) is 0 Å². The Kier molecular flexibility index (Phi) is 16.1. The third-order valence-electron chi connectivity index (χ3n) is 0.706. The predicted octanol–water partition coefficient (Wildman–Crippen LogP) is -3.61. The van der Waals surface area contributed by atoms with Gasteiger partial charge in [0.2, 0.25) is 0 Å². The van der Waals surface area contributed by atoms with Crippen molar-refractivity contribution in [1.29, 1.82) is 0 Å². The summed E-state index contributed by atoms with van der Waals surface area (Å²) in [7, 11) is -4.15. The third-order valence-corrected chi connectivity index (χ3v) is 1.11. The van der Waals surface area contributed by atoms with Crippen LogP contribution in [0.15, 0.2) is 24.6 Å². The van der Waals surface area contributed by atoms with E-state index in [1.165, 1.54) is 0 Å². The van der Waals surface area contributed by atoms with Gasteiger partial charge in [0.05, 0.1) is 6.61 Å². The Labute approximate surface area is 111 Å². The van der Waals surface area contributed by atoms with Crippen LogP contribution in [-0.4, -0.2) is 37.3 Å². The molecule has 0 unspecified atom stereocenters. The Balaban J connectivity index is -0.000000187. The number of hydrogen-bond donors (Lipinski definition) is 1. The normalized spacial score (nSPS) is 8.67. The molecule has 0 radical (unpaired) electrons. The average molecular weight is 246 g/mol. The maximum absolute atomic E-state index is 10.1. The van der Waals surface area contributed by atoms with Gasteiger partial charge in [-0.25, -0.2) is 13.2 Å². The van der Waals surface area contributed by atoms with Crippen LogP contribution in [0.2, 0.25) is 0 Å². The number of aliphatic hydroxyl groups excluding tert-OH is 1. The first-order valence-electron chi connectivity index (χ1n) is 3.35. The molecule has 0 atom stereocenters. The van der Waals surface area contributed by atoms with Gasteiger partial charge < -0.3 is 14.4 Å². The van der Waals surface area contributed by atoms with E-state index in [9.17, 15) is 17.8 Å². The maximum atomic E-state index is 10.1. The summed E-state index contributed by atoms with van der Waals surface area (Å²) in [5, 5.41) is 8.45. The molecular weight excluding hydrogens is 235 g/mol. The monoisotopic (exact) mass is 246 g/mol. The van der Waals surface area contributed by atoms with Crippen molar-refractivity contribution in [2.45, 2.75) is 0 Å². The molecule has 0 heterocycles. The van der Waals surface area contributed by atoms with Gasteiger partial charge in [-0.2, -0.15) is 0 Å². The molecule has 0 aliphatic rings. The molecule has 0 bridgehead atoms. The average Bonchev–Trinajstić information content (AvgIpc) is 2.14. The molecule has 0 fully saturated rings. The van der Waals surface area contributed by atoms with Crippen molar-refractivity contribution in [3.63, 3.8) is 0 Å². The molecule has 15 heavy (non-hydrogen) atoms. The van der Waals surface area contributed by atoms with Crippen molar-refractivity contribution >= 4 is 16.1 Å². The van der Waals surface area contributed by atoms with Gasteiger partial charge in [-0.15, -0.1) is 0 Å². The van der Waals surface area contributed by atoms with Gasteiger partial charge in [0, 0.05) is 11.5 Å². The maximum Gasteiger partial charge on any atom is 1.00 e. The van der Waals surface area contributed by atoms with Gasteiger partial charge >= 0.3 is 35.5 Å². The first-order chi connectivity index (χ1) is 6.37. The molecule has 0 aromatic rings. The number of carbonyl (C=O) groups excluding carboxylic acids is 1. The summed E-state index contributed by atoms with van der Waals surface area (Å²) in [6.07, 6.45) is 1.05. The van der Waals surface area contributed by atoms with E-state index < -0.39 is 16.1 Å². The smallest absolute Gasteiger partial charge is 0.745 e. The van der Waals surface area contributed by atoms with Crippen molar-refractivity contribution in [2.24, 2.45) is 0 Å². The molecule has 0 saturated heterocycles. The molecule has 0 aromatic heterocycles. The van der Waals surface area contributed by atoms with Gasteiger partial charge in [0.15, 0.2) is 0 Å². The summed E-state index contributed by atoms with van der Waals surface area (Å²) in [6.45, 7) is 5.80. The van der Waals surface area contributed by atoms with Gasteiger partial charge in [0.1, 0.15) is 16.7 Å². The van der Waals surface area contributed by atoms with E-state index in [2.05, 4.69) is 17.9 Å². The van der Waals surface area contributed by atoms with Gasteiger partial charge in [-0.1, -0.05) is 13.2 Å². The summed E-state index contributed by atoms with van der Waals surface area (Å²) in [5.41, 5.74) is 0. The van der Waals surface area contributed by atoms with Crippen molar-refractivity contribution in [3.8, 4) is 0 Å². The second kappa shape index (κ2) is 11.9. The molecule has 82 valence electrons. The van der Waals surface area contributed by atoms with Crippen LogP contribution in [0.5, 0.6) is 0 Å². The minimum absolute atomic E-state index is 0. The topological polar surface area (TPSA) is 104 Å². The Morgan fingerprint density at radius 2 is 1.87 bits per heavy atom. The molecular formula is C7H11NaO6S. The van der Waals surface area contributed by atoms with E-state index >= 15 is 0 Å². The van der Waals surface area contributed by atoms with E-state index in [0.717, 1.165) is 6.08 Å². The van der Waals surface area contributed by atoms with Crippen LogP contribution in [-0.2, 0) is 19.6 Å². The number of carbonyl (C=O) groups is 1. The van der Waals surface area contributed by atoms with E-state index in [4.69, 9.17) is 5.11 Å². The summed E-state index contributed by atoms with van der Waals surface area (Å²) < 4.78 is 32.3. The predicted molar refractivity (Wildman–Crippen MR) is 48.1 cm³/mol. The first kappa shape index (κ1) is 20.3. The summed E-state index contributed by atoms with van der Waals surface area (Å²) in [5.74, 6) is -0.501. The zero-order chi connectivity index (χ0) is 11.6. The third kappa shape index (κ3) is 24.8. The molecule has 0 rings (SSSR count). The zero-order valence-corrected chi connectivity index (χ0v) is 11.2. The van der Waals surface area contributed by atoms with E-state index in [1.807, 2.05) is 0 Å². The van der Waals surface area contributed by atoms with Crippen molar-refractivity contribution in [2.75, 3.05) is 13.2 Å². The van der Waals surface area contributed by atoms with Crippen LogP contribution in [0, 0.1) is 0 Å². The van der Waals surface area contributed by atoms with Crippen molar-refractivity contribution < 1.29 is 57.2 Å². The largest absolute Gasteiger partial charge is 1.00 e. The molecule has 0 amide bonds. The van der Waals surface area contributed by atoms with Crippen molar-refractivity contribution in [3.05, 3.63) is 24.6 Å². The minimum Gasteiger partial charge on any atom is -0.745 e. The Morgan fingerprint density at radius 1 is 1.47 bits per heavy atom. The number of aliphatic hydroxyl groups is 1. The molecule has 8 heteroatoms. The number of hydrogen-bond acceptors (Lipinski definition) is 6. The zero-order valence-electron chi connectivity index (χ0n) is 8.38. The second-order valence-electron chi connectivity index (χ2n) is 1.75. The van der Waals surface area contributed by atoms with Crippen LogP contribution in [0.1, 0.15) is 0 Å². The van der Waals surface area contributed by atoms with E-state index in [1.54, 1.807) is 0 Å². The molecule has 0 aliphatic heterocycles. The van der Waals surface area contributed by atoms with Crippen LogP contribution in [0.4, 0.5) is 0 Å². The molecule has 0 spiro atoms. The SMILES string of the molecule is C=CC(=O)OCCO.C=CS(=O)(=O)[O-].[Na+]. The number of ether oxygens (including phenoxy) is 1. The van der Waals surface area contributed by atoms with Crippen LogP contribution in [0.25, 0.3) is 0 Å². The fourth-order valence-corrected chi connectivity index (χ4v) is 0.205. The molecule has 0 aliphatic carbocycles. The summed E-state index contributed by atoms with van der Waals surface area (Å²) >= 11 is 0. The molecule has 0 aromatic carbocycles. The summed E-state index contributed by atoms with van der Waals surface area (Å²) in [6, 6.07) is 0. The van der Waals surface area contributed by atoms with Gasteiger partial charge in [-0.3, -0.25) is 0 Å². The standard InChI is InChI=1S/C5H8O3.C2H4O3S.Na/c1-2-5(7)8-4-3-6;1-2-6(3,4)5;/h2,6H,1,3-4H2;2H,1H2,(H,3,4,5);/q;;+1/p-1. The van der Waals surface area contributed by atoms with E-state index in [0.29, 0.717) is 5.41 Å². The number of rotatable bonds is 4. The van der Waals surface area contributed by atoms with Crippen LogP contribution >= 0.6 is 0 Å². The Morgan fingerprint density at radius 3 is 2.07 bits per heavy atom. The fourth-order valence-electron chi connectivity index (χ4n) is 0.205. The van der Waals surface area contributed by atoms with Crippen LogP contribution < -0.4 is 29.6 Å². The second-order valence-corrected chi connectivity index (χ2v) is 3.07. The van der Waals surface area contributed by atoms with Crippen LogP contribution in [0.3, 0.4) is 0 Å². The van der Waals surface area contributed by atoms with Gasteiger partial charge in [-0.05, 0) is 0 Å². The molecule has 6 nitrogen and oxygen atoms in total. The quantitative estimate of drug-likeness (QED) is 0.238. The fraction of sp³-hybridized carbons (Fsp3) is 0.286. The Hall–Kier alpha value is -0.180. The molecule has 0 saturated carbocycles. The Bertz CT molecular complexity index is 272. The first-order valence-corrected chi connectivity index (χ1v) is 4.83. The summed E-state index contributed by atoms with van der Waals surface area (Å²) in [4.78, 5) is 10.1.